The third kappa shape index (κ3) is 4.73. The molecule has 10 aromatic rings. The van der Waals surface area contributed by atoms with Gasteiger partial charge in [-0.15, -0.1) is 0 Å². The molecule has 4 heteroatoms. The monoisotopic (exact) mass is 625 g/mol. The molecule has 0 aliphatic heterocycles. The van der Waals surface area contributed by atoms with Crippen LogP contribution in [0.5, 0.6) is 0 Å². The molecule has 2 heterocycles. The fraction of sp³-hybridized carbons (Fsp3) is 0. The lowest BCUT2D eigenvalue weighted by Gasteiger charge is -2.13. The molecule has 228 valence electrons. The Kier molecular flexibility index (Phi) is 6.15. The van der Waals surface area contributed by atoms with Crippen LogP contribution in [0.2, 0.25) is 0 Å². The molecule has 0 radical (unpaired) electrons. The minimum Gasteiger partial charge on any atom is -0.456 e. The number of hydrogen-bond donors (Lipinski definition) is 0. The average Bonchev–Trinajstić information content (AvgIpc) is 3.55. The normalized spacial score (nSPS) is 11.7. The van der Waals surface area contributed by atoms with Gasteiger partial charge in [0.1, 0.15) is 11.2 Å². The van der Waals surface area contributed by atoms with Crippen LogP contribution in [-0.4, -0.2) is 15.0 Å². The highest BCUT2D eigenvalue weighted by Crippen LogP contribution is 2.37. The van der Waals surface area contributed by atoms with Crippen molar-refractivity contribution in [2.45, 2.75) is 0 Å². The third-order valence-electron chi connectivity index (χ3n) is 9.47. The number of furan rings is 1. The summed E-state index contributed by atoms with van der Waals surface area (Å²) in [5, 5.41) is 9.06. The molecule has 0 atom stereocenters. The van der Waals surface area contributed by atoms with Gasteiger partial charge in [-0.25, -0.2) is 15.0 Å². The molecule has 2 aromatic heterocycles. The fourth-order valence-corrected chi connectivity index (χ4v) is 6.98. The summed E-state index contributed by atoms with van der Waals surface area (Å²) in [5.74, 6) is 1.90. The maximum absolute atomic E-state index is 6.27. The molecule has 4 nitrogen and oxygen atoms in total. The lowest BCUT2D eigenvalue weighted by Crippen LogP contribution is -2.01. The SMILES string of the molecule is c1ccc2cc(-c3nc(-c4ccc5ccccc5c4)nc(-c4cc(-c5ccc6c(c5)oc5ccccc56)cc5ccccc45)n3)ccc2c1. The number of benzene rings is 8. The Hall–Kier alpha value is -6.65. The molecule has 49 heavy (non-hydrogen) atoms. The molecule has 0 aliphatic rings. The van der Waals surface area contributed by atoms with Gasteiger partial charge in [-0.05, 0) is 85.9 Å². The van der Waals surface area contributed by atoms with Crippen LogP contribution in [0.25, 0.3) is 99.5 Å². The van der Waals surface area contributed by atoms with E-state index in [0.29, 0.717) is 17.5 Å². The summed E-state index contributed by atoms with van der Waals surface area (Å²) in [6.45, 7) is 0. The van der Waals surface area contributed by atoms with Crippen molar-refractivity contribution in [2.24, 2.45) is 0 Å². The van der Waals surface area contributed by atoms with Crippen molar-refractivity contribution in [3.63, 3.8) is 0 Å². The molecule has 0 spiro atoms. The van der Waals surface area contributed by atoms with Crippen molar-refractivity contribution >= 4 is 54.3 Å². The van der Waals surface area contributed by atoms with Crippen molar-refractivity contribution in [1.82, 2.24) is 15.0 Å². The van der Waals surface area contributed by atoms with E-state index in [2.05, 4.69) is 146 Å². The van der Waals surface area contributed by atoms with E-state index in [4.69, 9.17) is 19.4 Å². The molecule has 0 bridgehead atoms. The fourth-order valence-electron chi connectivity index (χ4n) is 6.98. The van der Waals surface area contributed by atoms with Gasteiger partial charge in [0, 0.05) is 27.5 Å². The predicted octanol–water partition coefficient (Wildman–Crippen LogP) is 11.9. The molecule has 8 aromatic carbocycles. The molecular formula is C45H27N3O. The molecule has 0 amide bonds. The Morgan fingerprint density at radius 1 is 0.306 bits per heavy atom. The van der Waals surface area contributed by atoms with Crippen LogP contribution in [0, 0.1) is 0 Å². The van der Waals surface area contributed by atoms with Crippen LogP contribution < -0.4 is 0 Å². The Bertz CT molecular complexity index is 2810. The second kappa shape index (κ2) is 11.0. The van der Waals surface area contributed by atoms with Gasteiger partial charge in [-0.2, -0.15) is 0 Å². The zero-order chi connectivity index (χ0) is 32.3. The van der Waals surface area contributed by atoms with Crippen molar-refractivity contribution in [3.05, 3.63) is 164 Å². The van der Waals surface area contributed by atoms with E-state index in [0.717, 1.165) is 71.3 Å². The van der Waals surface area contributed by atoms with Crippen LogP contribution in [-0.2, 0) is 0 Å². The smallest absolute Gasteiger partial charge is 0.164 e. The van der Waals surface area contributed by atoms with Gasteiger partial charge in [0.05, 0.1) is 0 Å². The highest BCUT2D eigenvalue weighted by Gasteiger charge is 2.17. The maximum Gasteiger partial charge on any atom is 0.164 e. The standard InChI is InChI=1S/C45H27N3O/c1-3-11-30-23-34(19-17-28(30)9-1)43-46-44(35-20-18-29-10-2-4-12-31(29)24-35)48-45(47-43)40-26-36(25-33-13-5-6-14-37(33)40)32-21-22-39-38-15-7-8-16-41(38)49-42(39)27-32/h1-27H. The van der Waals surface area contributed by atoms with Gasteiger partial charge in [0.25, 0.3) is 0 Å². The van der Waals surface area contributed by atoms with Crippen LogP contribution in [0.3, 0.4) is 0 Å². The molecular weight excluding hydrogens is 599 g/mol. The Morgan fingerprint density at radius 2 is 0.816 bits per heavy atom. The number of nitrogens with zero attached hydrogens (tertiary/aromatic N) is 3. The second-order valence-electron chi connectivity index (χ2n) is 12.5. The number of hydrogen-bond acceptors (Lipinski definition) is 4. The van der Waals surface area contributed by atoms with Gasteiger partial charge >= 0.3 is 0 Å². The summed E-state index contributed by atoms with van der Waals surface area (Å²) in [5.41, 5.74) is 6.73. The summed E-state index contributed by atoms with van der Waals surface area (Å²) < 4.78 is 6.27. The lowest BCUT2D eigenvalue weighted by molar-refractivity contribution is 0.669. The summed E-state index contributed by atoms with van der Waals surface area (Å²) >= 11 is 0. The third-order valence-corrected chi connectivity index (χ3v) is 9.47. The Labute approximate surface area is 282 Å². The number of aromatic nitrogens is 3. The van der Waals surface area contributed by atoms with Crippen LogP contribution in [0.4, 0.5) is 0 Å². The minimum atomic E-state index is 0.629. The van der Waals surface area contributed by atoms with E-state index in [1.54, 1.807) is 0 Å². The van der Waals surface area contributed by atoms with Crippen molar-refractivity contribution in [1.29, 1.82) is 0 Å². The van der Waals surface area contributed by atoms with Crippen LogP contribution in [0.15, 0.2) is 168 Å². The van der Waals surface area contributed by atoms with Crippen molar-refractivity contribution in [2.75, 3.05) is 0 Å². The van der Waals surface area contributed by atoms with E-state index >= 15 is 0 Å². The van der Waals surface area contributed by atoms with Crippen LogP contribution in [0.1, 0.15) is 0 Å². The maximum atomic E-state index is 6.27. The molecule has 0 saturated carbocycles. The molecule has 0 aliphatic carbocycles. The molecule has 0 fully saturated rings. The first kappa shape index (κ1) is 27.5. The van der Waals surface area contributed by atoms with E-state index in [9.17, 15) is 0 Å². The van der Waals surface area contributed by atoms with E-state index in [1.165, 1.54) is 10.8 Å². The zero-order valence-corrected chi connectivity index (χ0v) is 26.3. The molecule has 0 unspecified atom stereocenters. The summed E-state index contributed by atoms with van der Waals surface area (Å²) in [7, 11) is 0. The lowest BCUT2D eigenvalue weighted by atomic mass is 9.95. The van der Waals surface area contributed by atoms with Crippen LogP contribution >= 0.6 is 0 Å². The van der Waals surface area contributed by atoms with E-state index < -0.39 is 0 Å². The van der Waals surface area contributed by atoms with Gasteiger partial charge in [-0.3, -0.25) is 0 Å². The topological polar surface area (TPSA) is 51.8 Å². The van der Waals surface area contributed by atoms with Gasteiger partial charge in [0.2, 0.25) is 0 Å². The van der Waals surface area contributed by atoms with Gasteiger partial charge in [0.15, 0.2) is 17.5 Å². The predicted molar refractivity (Wildman–Crippen MR) is 201 cm³/mol. The molecule has 0 N–H and O–H groups in total. The highest BCUT2D eigenvalue weighted by molar-refractivity contribution is 6.06. The average molecular weight is 626 g/mol. The first-order chi connectivity index (χ1) is 24.2. The largest absolute Gasteiger partial charge is 0.456 e. The number of para-hydroxylation sites is 1. The van der Waals surface area contributed by atoms with E-state index in [-0.39, 0.29) is 0 Å². The Balaban J connectivity index is 1.20. The number of fused-ring (bicyclic) bond motifs is 6. The summed E-state index contributed by atoms with van der Waals surface area (Å²) in [6.07, 6.45) is 0. The number of rotatable bonds is 4. The quantitative estimate of drug-likeness (QED) is 0.195. The highest BCUT2D eigenvalue weighted by atomic mass is 16.3. The second-order valence-corrected chi connectivity index (χ2v) is 12.5. The first-order valence-electron chi connectivity index (χ1n) is 16.4. The first-order valence-corrected chi connectivity index (χ1v) is 16.4. The Morgan fingerprint density at radius 3 is 1.51 bits per heavy atom. The summed E-state index contributed by atoms with van der Waals surface area (Å²) in [6, 6.07) is 57.1. The van der Waals surface area contributed by atoms with Gasteiger partial charge in [-0.1, -0.05) is 121 Å². The molecule has 0 saturated heterocycles. The molecule has 10 rings (SSSR count). The van der Waals surface area contributed by atoms with Crippen molar-refractivity contribution < 1.29 is 4.42 Å². The zero-order valence-electron chi connectivity index (χ0n) is 26.3. The van der Waals surface area contributed by atoms with E-state index in [1.807, 2.05) is 18.2 Å². The minimum absolute atomic E-state index is 0.629. The summed E-state index contributed by atoms with van der Waals surface area (Å²) in [4.78, 5) is 15.5. The van der Waals surface area contributed by atoms with Gasteiger partial charge < -0.3 is 4.42 Å². The van der Waals surface area contributed by atoms with Crippen molar-refractivity contribution in [3.8, 4) is 45.3 Å².